The van der Waals surface area contributed by atoms with E-state index < -0.39 is 0 Å². The SMILES string of the molecule is CNCCC(=O)OC.CNCCNC.CNCC[N+](=O)[O-]. The second kappa shape index (κ2) is 23.8. The van der Waals surface area contributed by atoms with Gasteiger partial charge in [-0.1, -0.05) is 0 Å². The molecule has 0 heterocycles. The molecule has 0 saturated carbocycles. The first-order valence-corrected chi connectivity index (χ1v) is 6.77. The van der Waals surface area contributed by atoms with E-state index in [1.54, 1.807) is 14.1 Å². The van der Waals surface area contributed by atoms with Crippen molar-refractivity contribution in [2.45, 2.75) is 6.42 Å². The molecule has 0 aliphatic heterocycles. The van der Waals surface area contributed by atoms with Gasteiger partial charge in [0.15, 0.2) is 0 Å². The van der Waals surface area contributed by atoms with Gasteiger partial charge >= 0.3 is 5.97 Å². The lowest BCUT2D eigenvalue weighted by Crippen LogP contribution is -2.21. The van der Waals surface area contributed by atoms with Crippen LogP contribution in [-0.4, -0.2) is 78.9 Å². The fourth-order valence-electron chi connectivity index (χ4n) is 0.782. The Labute approximate surface area is 127 Å². The van der Waals surface area contributed by atoms with E-state index in [1.165, 1.54) is 7.11 Å². The van der Waals surface area contributed by atoms with Gasteiger partial charge < -0.3 is 26.0 Å². The van der Waals surface area contributed by atoms with Crippen LogP contribution in [0.15, 0.2) is 0 Å². The molecule has 0 rings (SSSR count). The van der Waals surface area contributed by atoms with E-state index >= 15 is 0 Å². The van der Waals surface area contributed by atoms with Crippen molar-refractivity contribution in [2.75, 3.05) is 68.0 Å². The highest BCUT2D eigenvalue weighted by molar-refractivity contribution is 5.69. The van der Waals surface area contributed by atoms with Gasteiger partial charge in [-0.3, -0.25) is 14.9 Å². The van der Waals surface area contributed by atoms with Gasteiger partial charge in [-0.05, 0) is 28.2 Å². The number of hydrogen-bond donors (Lipinski definition) is 4. The summed E-state index contributed by atoms with van der Waals surface area (Å²) >= 11 is 0. The first-order chi connectivity index (χ1) is 9.99. The van der Waals surface area contributed by atoms with Crippen LogP contribution in [0.25, 0.3) is 0 Å². The Bertz CT molecular complexity index is 226. The van der Waals surface area contributed by atoms with Gasteiger partial charge in [-0.15, -0.1) is 0 Å². The molecule has 0 aromatic heterocycles. The zero-order chi connectivity index (χ0) is 16.9. The maximum absolute atomic E-state index is 10.3. The van der Waals surface area contributed by atoms with Gasteiger partial charge in [0.05, 0.1) is 20.1 Å². The Morgan fingerprint density at radius 1 is 0.952 bits per heavy atom. The van der Waals surface area contributed by atoms with Gasteiger partial charge in [-0.2, -0.15) is 0 Å². The Balaban J connectivity index is -0.000000234. The number of ether oxygens (including phenoxy) is 1. The average molecular weight is 309 g/mol. The molecule has 9 nitrogen and oxygen atoms in total. The first-order valence-electron chi connectivity index (χ1n) is 6.77. The summed E-state index contributed by atoms with van der Waals surface area (Å²) in [6.07, 6.45) is 0.451. The summed E-state index contributed by atoms with van der Waals surface area (Å²) in [5.41, 5.74) is 0. The maximum atomic E-state index is 10.3. The molecule has 0 amide bonds. The third kappa shape index (κ3) is 38.1. The third-order valence-electron chi connectivity index (χ3n) is 1.98. The van der Waals surface area contributed by atoms with Crippen LogP contribution < -0.4 is 21.3 Å². The largest absolute Gasteiger partial charge is 0.469 e. The van der Waals surface area contributed by atoms with Gasteiger partial charge in [-0.25, -0.2) is 0 Å². The molecular weight excluding hydrogens is 278 g/mol. The summed E-state index contributed by atoms with van der Waals surface area (Å²) < 4.78 is 4.37. The number of hydrogen-bond acceptors (Lipinski definition) is 8. The van der Waals surface area contributed by atoms with E-state index in [-0.39, 0.29) is 17.4 Å². The monoisotopic (exact) mass is 309 g/mol. The fourth-order valence-corrected chi connectivity index (χ4v) is 0.782. The number of carbonyl (C=O) groups is 1. The highest BCUT2D eigenvalue weighted by Gasteiger charge is 1.94. The normalized spacial score (nSPS) is 8.81. The quantitative estimate of drug-likeness (QED) is 0.179. The van der Waals surface area contributed by atoms with Crippen LogP contribution in [0.2, 0.25) is 0 Å². The predicted octanol–water partition coefficient (Wildman–Crippen LogP) is -1.32. The molecule has 9 heteroatoms. The highest BCUT2D eigenvalue weighted by atomic mass is 16.6. The Kier molecular flexibility index (Phi) is 28.0. The molecule has 128 valence electrons. The number of esters is 1. The minimum Gasteiger partial charge on any atom is -0.469 e. The smallest absolute Gasteiger partial charge is 0.306 e. The zero-order valence-corrected chi connectivity index (χ0v) is 13.8. The Hall–Kier alpha value is -1.29. The van der Waals surface area contributed by atoms with Crippen molar-refractivity contribution >= 4 is 5.97 Å². The lowest BCUT2D eigenvalue weighted by atomic mass is 10.4. The number of nitro groups is 1. The molecule has 0 spiro atoms. The molecule has 0 aromatic rings. The Morgan fingerprint density at radius 2 is 1.38 bits per heavy atom. The highest BCUT2D eigenvalue weighted by Crippen LogP contribution is 1.78. The summed E-state index contributed by atoms with van der Waals surface area (Å²) in [6.45, 7) is 3.25. The molecule has 4 N–H and O–H groups in total. The lowest BCUT2D eigenvalue weighted by molar-refractivity contribution is -0.477. The predicted molar refractivity (Wildman–Crippen MR) is 84.2 cm³/mol. The van der Waals surface area contributed by atoms with Gasteiger partial charge in [0.25, 0.3) is 0 Å². The van der Waals surface area contributed by atoms with Crippen LogP contribution in [0.5, 0.6) is 0 Å². The van der Waals surface area contributed by atoms with Gasteiger partial charge in [0, 0.05) is 24.6 Å². The minimum atomic E-state index is -0.351. The second-order valence-corrected chi connectivity index (χ2v) is 3.80. The van der Waals surface area contributed by atoms with E-state index in [1.807, 2.05) is 14.1 Å². The summed E-state index contributed by atoms with van der Waals surface area (Å²) in [5.74, 6) is -0.167. The van der Waals surface area contributed by atoms with Crippen LogP contribution in [0.4, 0.5) is 0 Å². The molecule has 0 radical (unpaired) electrons. The van der Waals surface area contributed by atoms with Crippen molar-refractivity contribution < 1.29 is 14.5 Å². The molecule has 0 aliphatic carbocycles. The number of nitrogens with zero attached hydrogens (tertiary/aromatic N) is 1. The Morgan fingerprint density at radius 3 is 1.62 bits per heavy atom. The van der Waals surface area contributed by atoms with Crippen molar-refractivity contribution in [1.29, 1.82) is 0 Å². The zero-order valence-electron chi connectivity index (χ0n) is 13.8. The first kappa shape index (κ1) is 24.7. The topological polar surface area (TPSA) is 118 Å². The van der Waals surface area contributed by atoms with Crippen molar-refractivity contribution in [3.8, 4) is 0 Å². The summed E-state index contributed by atoms with van der Waals surface area (Å²) in [4.78, 5) is 19.5. The van der Waals surface area contributed by atoms with Crippen LogP contribution >= 0.6 is 0 Å². The molecular formula is C12H31N5O4. The fraction of sp³-hybridized carbons (Fsp3) is 0.917. The maximum Gasteiger partial charge on any atom is 0.306 e. The summed E-state index contributed by atoms with van der Waals surface area (Å²) in [6, 6.07) is 0. The van der Waals surface area contributed by atoms with Gasteiger partial charge in [0.1, 0.15) is 0 Å². The number of carbonyl (C=O) groups excluding carboxylic acids is 1. The number of rotatable bonds is 9. The van der Waals surface area contributed by atoms with E-state index in [4.69, 9.17) is 0 Å². The molecule has 0 unspecified atom stereocenters. The molecule has 0 aromatic carbocycles. The van der Waals surface area contributed by atoms with Crippen LogP contribution in [0.1, 0.15) is 6.42 Å². The third-order valence-corrected chi connectivity index (χ3v) is 1.98. The van der Waals surface area contributed by atoms with Crippen LogP contribution in [0.3, 0.4) is 0 Å². The van der Waals surface area contributed by atoms with E-state index in [0.29, 0.717) is 19.5 Å². The van der Waals surface area contributed by atoms with Crippen molar-refractivity contribution in [1.82, 2.24) is 21.3 Å². The summed E-state index contributed by atoms with van der Waals surface area (Å²) in [7, 11) is 8.75. The lowest BCUT2D eigenvalue weighted by Gasteiger charge is -1.95. The number of nitrogens with one attached hydrogen (secondary N) is 4. The number of likely N-dealkylation sites (N-methyl/N-ethyl adjacent to an activating group) is 3. The molecule has 0 saturated heterocycles. The van der Waals surface area contributed by atoms with Crippen molar-refractivity contribution in [2.24, 2.45) is 0 Å². The minimum absolute atomic E-state index is 0.0104. The van der Waals surface area contributed by atoms with Crippen molar-refractivity contribution in [3.63, 3.8) is 0 Å². The van der Waals surface area contributed by atoms with Gasteiger partial charge in [0.2, 0.25) is 6.54 Å². The van der Waals surface area contributed by atoms with Crippen molar-refractivity contribution in [3.05, 3.63) is 10.1 Å². The average Bonchev–Trinajstić information content (AvgIpc) is 2.49. The van der Waals surface area contributed by atoms with E-state index in [9.17, 15) is 14.9 Å². The van der Waals surface area contributed by atoms with E-state index in [0.717, 1.165) is 13.1 Å². The second-order valence-electron chi connectivity index (χ2n) is 3.80. The molecule has 0 aliphatic rings. The van der Waals surface area contributed by atoms with Crippen LogP contribution in [-0.2, 0) is 9.53 Å². The molecule has 0 bridgehead atoms. The van der Waals surface area contributed by atoms with Crippen LogP contribution in [0, 0.1) is 10.1 Å². The standard InChI is InChI=1S/C5H11NO2.C4H12N2.C3H8N2O2/c1-6-4-3-5(7)8-2;1-5-3-4-6-2;1-4-2-3-5(6)7/h6H,3-4H2,1-2H3;5-6H,3-4H2,1-2H3;4H,2-3H2,1H3. The summed E-state index contributed by atoms with van der Waals surface area (Å²) in [5, 5.41) is 21.0. The molecule has 0 atom stereocenters. The number of methoxy groups -OCH3 is 1. The molecule has 0 fully saturated rings. The molecule has 21 heavy (non-hydrogen) atoms. The van der Waals surface area contributed by atoms with E-state index in [2.05, 4.69) is 26.0 Å².